The SMILES string of the molecule is O=[C]CC1CCS(=O)(=O)C1. The molecule has 0 aromatic rings. The van der Waals surface area contributed by atoms with E-state index < -0.39 is 9.84 Å². The third-order valence-electron chi connectivity index (χ3n) is 1.70. The van der Waals surface area contributed by atoms with Crippen molar-refractivity contribution in [2.45, 2.75) is 12.8 Å². The molecule has 1 radical (unpaired) electrons. The molecular formula is C6H9O3S. The van der Waals surface area contributed by atoms with E-state index in [0.717, 1.165) is 0 Å². The highest BCUT2D eigenvalue weighted by Crippen LogP contribution is 2.19. The van der Waals surface area contributed by atoms with Crippen molar-refractivity contribution >= 4 is 16.1 Å². The molecule has 1 aliphatic rings. The minimum atomic E-state index is -2.80. The maximum Gasteiger partial charge on any atom is 0.198 e. The fourth-order valence-electron chi connectivity index (χ4n) is 1.15. The molecule has 0 amide bonds. The molecule has 1 unspecified atom stereocenters. The summed E-state index contributed by atoms with van der Waals surface area (Å²) in [5.41, 5.74) is 0. The molecule has 0 aromatic carbocycles. The molecule has 0 aliphatic carbocycles. The number of hydrogen-bond acceptors (Lipinski definition) is 3. The van der Waals surface area contributed by atoms with Crippen LogP contribution in [0.15, 0.2) is 0 Å². The molecular weight excluding hydrogens is 152 g/mol. The molecule has 0 aromatic heterocycles. The van der Waals surface area contributed by atoms with Gasteiger partial charge >= 0.3 is 0 Å². The summed E-state index contributed by atoms with van der Waals surface area (Å²) < 4.78 is 21.6. The largest absolute Gasteiger partial charge is 0.291 e. The van der Waals surface area contributed by atoms with Crippen LogP contribution in [0.5, 0.6) is 0 Å². The Morgan fingerprint density at radius 3 is 2.60 bits per heavy atom. The second-order valence-corrected chi connectivity index (χ2v) is 4.85. The molecule has 3 nitrogen and oxygen atoms in total. The van der Waals surface area contributed by atoms with Crippen LogP contribution in [-0.4, -0.2) is 26.2 Å². The topological polar surface area (TPSA) is 51.2 Å². The van der Waals surface area contributed by atoms with Gasteiger partial charge in [-0.2, -0.15) is 0 Å². The van der Waals surface area contributed by atoms with E-state index in [-0.39, 0.29) is 23.8 Å². The van der Waals surface area contributed by atoms with Crippen LogP contribution in [-0.2, 0) is 14.6 Å². The van der Waals surface area contributed by atoms with Crippen molar-refractivity contribution in [1.29, 1.82) is 0 Å². The molecule has 1 saturated heterocycles. The molecule has 0 N–H and O–H groups in total. The van der Waals surface area contributed by atoms with Crippen molar-refractivity contribution in [2.75, 3.05) is 11.5 Å². The van der Waals surface area contributed by atoms with Gasteiger partial charge in [0.05, 0.1) is 11.5 Å². The van der Waals surface area contributed by atoms with Crippen molar-refractivity contribution in [3.63, 3.8) is 0 Å². The summed E-state index contributed by atoms with van der Waals surface area (Å²) in [6, 6.07) is 0. The number of sulfone groups is 1. The van der Waals surface area contributed by atoms with Gasteiger partial charge < -0.3 is 0 Å². The maximum atomic E-state index is 10.8. The fourth-order valence-corrected chi connectivity index (χ4v) is 3.01. The van der Waals surface area contributed by atoms with E-state index in [0.29, 0.717) is 6.42 Å². The highest BCUT2D eigenvalue weighted by molar-refractivity contribution is 7.91. The first kappa shape index (κ1) is 7.72. The van der Waals surface area contributed by atoms with Crippen molar-refractivity contribution in [2.24, 2.45) is 5.92 Å². The van der Waals surface area contributed by atoms with Crippen LogP contribution in [0, 0.1) is 5.92 Å². The Hall–Kier alpha value is -0.380. The Balaban J connectivity index is 2.51. The van der Waals surface area contributed by atoms with Crippen LogP contribution >= 0.6 is 0 Å². The third kappa shape index (κ3) is 1.80. The van der Waals surface area contributed by atoms with Crippen molar-refractivity contribution in [3.8, 4) is 0 Å². The lowest BCUT2D eigenvalue weighted by Crippen LogP contribution is -2.04. The van der Waals surface area contributed by atoms with E-state index in [1.165, 1.54) is 0 Å². The molecule has 0 spiro atoms. The van der Waals surface area contributed by atoms with E-state index in [4.69, 9.17) is 0 Å². The highest BCUT2D eigenvalue weighted by Gasteiger charge is 2.27. The Morgan fingerprint density at radius 2 is 2.20 bits per heavy atom. The van der Waals surface area contributed by atoms with Gasteiger partial charge in [-0.05, 0) is 12.3 Å². The minimum Gasteiger partial charge on any atom is -0.291 e. The summed E-state index contributed by atoms with van der Waals surface area (Å²) in [5, 5.41) is 0. The van der Waals surface area contributed by atoms with E-state index in [9.17, 15) is 13.2 Å². The van der Waals surface area contributed by atoms with Crippen LogP contribution in [0.25, 0.3) is 0 Å². The van der Waals surface area contributed by atoms with E-state index >= 15 is 0 Å². The molecule has 1 rings (SSSR count). The lowest BCUT2D eigenvalue weighted by molar-refractivity contribution is 0.525. The molecule has 0 bridgehead atoms. The first-order valence-corrected chi connectivity index (χ1v) is 5.01. The standard InChI is InChI=1S/C6H9O3S/c7-3-1-6-2-4-10(8,9)5-6/h6H,1-2,4-5H2. The van der Waals surface area contributed by atoms with Crippen molar-refractivity contribution < 1.29 is 13.2 Å². The second kappa shape index (κ2) is 2.70. The lowest BCUT2D eigenvalue weighted by Gasteiger charge is -1.96. The Morgan fingerprint density at radius 1 is 1.50 bits per heavy atom. The Labute approximate surface area is 60.3 Å². The average molecular weight is 161 g/mol. The van der Waals surface area contributed by atoms with Gasteiger partial charge in [-0.25, -0.2) is 8.42 Å². The molecule has 57 valence electrons. The average Bonchev–Trinajstić information content (AvgIpc) is 2.12. The maximum absolute atomic E-state index is 10.8. The number of rotatable bonds is 2. The van der Waals surface area contributed by atoms with Crippen LogP contribution in [0.2, 0.25) is 0 Å². The summed E-state index contributed by atoms with van der Waals surface area (Å²) >= 11 is 0. The zero-order valence-electron chi connectivity index (χ0n) is 5.54. The normalized spacial score (nSPS) is 30.2. The van der Waals surface area contributed by atoms with Gasteiger partial charge in [0, 0.05) is 6.42 Å². The summed E-state index contributed by atoms with van der Waals surface area (Å²) in [6.45, 7) is 0. The lowest BCUT2D eigenvalue weighted by atomic mass is 10.1. The molecule has 1 aliphatic heterocycles. The Bertz CT molecular complexity index is 217. The zero-order valence-corrected chi connectivity index (χ0v) is 6.36. The van der Waals surface area contributed by atoms with Crippen molar-refractivity contribution in [1.82, 2.24) is 0 Å². The fraction of sp³-hybridized carbons (Fsp3) is 0.833. The van der Waals surface area contributed by atoms with Crippen LogP contribution in [0.4, 0.5) is 0 Å². The number of carbonyl (C=O) groups excluding carboxylic acids is 1. The molecule has 4 heteroatoms. The summed E-state index contributed by atoms with van der Waals surface area (Å²) in [7, 11) is -2.80. The van der Waals surface area contributed by atoms with Gasteiger partial charge in [0.25, 0.3) is 0 Å². The molecule has 1 heterocycles. The quantitative estimate of drug-likeness (QED) is 0.569. The number of hydrogen-bond donors (Lipinski definition) is 0. The molecule has 0 saturated carbocycles. The summed E-state index contributed by atoms with van der Waals surface area (Å²) in [6.07, 6.45) is 2.65. The van der Waals surface area contributed by atoms with Crippen molar-refractivity contribution in [3.05, 3.63) is 0 Å². The van der Waals surface area contributed by atoms with Crippen LogP contribution < -0.4 is 0 Å². The molecule has 10 heavy (non-hydrogen) atoms. The van der Waals surface area contributed by atoms with Gasteiger partial charge in [0.15, 0.2) is 16.1 Å². The predicted molar refractivity (Wildman–Crippen MR) is 37.1 cm³/mol. The van der Waals surface area contributed by atoms with Crippen LogP contribution in [0.1, 0.15) is 12.8 Å². The smallest absolute Gasteiger partial charge is 0.198 e. The molecule has 1 fully saturated rings. The third-order valence-corrected chi connectivity index (χ3v) is 3.54. The monoisotopic (exact) mass is 161 g/mol. The van der Waals surface area contributed by atoms with Gasteiger partial charge in [-0.3, -0.25) is 4.79 Å². The predicted octanol–water partition coefficient (Wildman–Crippen LogP) is -0.0791. The summed E-state index contributed by atoms with van der Waals surface area (Å²) in [4.78, 5) is 9.85. The first-order valence-electron chi connectivity index (χ1n) is 3.19. The molecule has 1 atom stereocenters. The van der Waals surface area contributed by atoms with E-state index in [2.05, 4.69) is 0 Å². The van der Waals surface area contributed by atoms with E-state index in [1.54, 1.807) is 6.29 Å². The highest BCUT2D eigenvalue weighted by atomic mass is 32.2. The first-order chi connectivity index (χ1) is 4.64. The van der Waals surface area contributed by atoms with Gasteiger partial charge in [0.1, 0.15) is 0 Å². The summed E-state index contributed by atoms with van der Waals surface area (Å²) in [5.74, 6) is 0.476. The van der Waals surface area contributed by atoms with E-state index in [1.807, 2.05) is 0 Å². The van der Waals surface area contributed by atoms with Gasteiger partial charge in [-0.15, -0.1) is 0 Å². The van der Waals surface area contributed by atoms with Gasteiger partial charge in [0.2, 0.25) is 0 Å². The second-order valence-electron chi connectivity index (χ2n) is 2.62. The zero-order chi connectivity index (χ0) is 7.61. The van der Waals surface area contributed by atoms with Crippen LogP contribution in [0.3, 0.4) is 0 Å². The minimum absolute atomic E-state index is 0.0440. The Kier molecular flexibility index (Phi) is 2.08. The van der Waals surface area contributed by atoms with Gasteiger partial charge in [-0.1, -0.05) is 0 Å².